The van der Waals surface area contributed by atoms with E-state index < -0.39 is 0 Å². The van der Waals surface area contributed by atoms with Crippen molar-refractivity contribution in [2.45, 2.75) is 0 Å². The molecule has 1 aromatic rings. The second-order valence-corrected chi connectivity index (χ2v) is 3.61. The van der Waals surface area contributed by atoms with Gasteiger partial charge in [0.1, 0.15) is 17.3 Å². The second-order valence-electron chi connectivity index (χ2n) is 3.61. The Morgan fingerprint density at radius 3 is 2.33 bits per heavy atom. The molecule has 92 valence electrons. The van der Waals surface area contributed by atoms with Crippen LogP contribution in [0.25, 0.3) is 5.57 Å². The number of phenols is 1. The molecule has 0 aromatic heterocycles. The lowest BCUT2D eigenvalue weighted by Crippen LogP contribution is -1.85. The van der Waals surface area contributed by atoms with Gasteiger partial charge in [0.25, 0.3) is 0 Å². The summed E-state index contributed by atoms with van der Waals surface area (Å²) < 4.78 is 5.22. The summed E-state index contributed by atoms with van der Waals surface area (Å²) in [6.45, 7) is 14.7. The number of aromatic hydroxyl groups is 1. The van der Waals surface area contributed by atoms with Crippen LogP contribution in [0, 0.1) is 0 Å². The van der Waals surface area contributed by atoms with Gasteiger partial charge in [0.2, 0.25) is 0 Å². The molecule has 0 aliphatic heterocycles. The third-order valence-corrected chi connectivity index (χ3v) is 2.21. The summed E-state index contributed by atoms with van der Waals surface area (Å²) >= 11 is 0. The normalized spacial score (nSPS) is 10.0. The first-order valence-corrected chi connectivity index (χ1v) is 5.38. The number of rotatable bonds is 6. The van der Waals surface area contributed by atoms with Crippen molar-refractivity contribution in [3.8, 4) is 5.75 Å². The van der Waals surface area contributed by atoms with Gasteiger partial charge in [0, 0.05) is 5.56 Å². The highest BCUT2D eigenvalue weighted by Crippen LogP contribution is 2.24. The molecule has 1 N–H and O–H groups in total. The fourth-order valence-electron chi connectivity index (χ4n) is 1.27. The van der Waals surface area contributed by atoms with Crippen LogP contribution >= 0.6 is 0 Å². The van der Waals surface area contributed by atoms with E-state index in [2.05, 4.69) is 26.3 Å². The third-order valence-electron chi connectivity index (χ3n) is 2.21. The Hall–Kier alpha value is -2.48. The first-order chi connectivity index (χ1) is 8.54. The average Bonchev–Trinajstić information content (AvgIpc) is 2.36. The van der Waals surface area contributed by atoms with Crippen molar-refractivity contribution in [3.05, 3.63) is 85.9 Å². The standard InChI is InChI=1S/C16H16O2/c1-5-13(3)18-14(4)11-10-12(2)15-8-6-7-9-16(15)17/h5-11,17H,1-4H2/b11-10-. The van der Waals surface area contributed by atoms with Crippen molar-refractivity contribution >= 4 is 5.57 Å². The maximum atomic E-state index is 9.65. The molecule has 1 aromatic carbocycles. The molecule has 0 saturated heterocycles. The van der Waals surface area contributed by atoms with Crippen molar-refractivity contribution in [1.82, 2.24) is 0 Å². The van der Waals surface area contributed by atoms with Gasteiger partial charge in [0.05, 0.1) is 0 Å². The first-order valence-electron chi connectivity index (χ1n) is 5.38. The number of benzene rings is 1. The Labute approximate surface area is 108 Å². The maximum absolute atomic E-state index is 9.65. The van der Waals surface area contributed by atoms with E-state index in [-0.39, 0.29) is 5.75 Å². The van der Waals surface area contributed by atoms with Crippen LogP contribution in [-0.4, -0.2) is 5.11 Å². The van der Waals surface area contributed by atoms with Gasteiger partial charge in [-0.1, -0.05) is 50.6 Å². The van der Waals surface area contributed by atoms with Gasteiger partial charge >= 0.3 is 0 Å². The number of ether oxygens (including phenoxy) is 1. The van der Waals surface area contributed by atoms with Gasteiger partial charge in [-0.25, -0.2) is 0 Å². The highest BCUT2D eigenvalue weighted by Gasteiger charge is 2.01. The van der Waals surface area contributed by atoms with Gasteiger partial charge in [-0.05, 0) is 23.8 Å². The van der Waals surface area contributed by atoms with E-state index in [4.69, 9.17) is 4.74 Å². The quantitative estimate of drug-likeness (QED) is 0.596. The van der Waals surface area contributed by atoms with Crippen molar-refractivity contribution in [3.63, 3.8) is 0 Å². The van der Waals surface area contributed by atoms with Crippen LogP contribution in [0.4, 0.5) is 0 Å². The molecule has 0 atom stereocenters. The van der Waals surface area contributed by atoms with Crippen molar-refractivity contribution in [2.24, 2.45) is 0 Å². The van der Waals surface area contributed by atoms with E-state index >= 15 is 0 Å². The molecule has 2 nitrogen and oxygen atoms in total. The van der Waals surface area contributed by atoms with Crippen LogP contribution in [0.5, 0.6) is 5.75 Å². The average molecular weight is 240 g/mol. The van der Waals surface area contributed by atoms with Gasteiger partial charge in [0.15, 0.2) is 0 Å². The molecule has 0 heterocycles. The summed E-state index contributed by atoms with van der Waals surface area (Å²) in [5.74, 6) is 1.04. The van der Waals surface area contributed by atoms with E-state index in [9.17, 15) is 5.11 Å². The summed E-state index contributed by atoms with van der Waals surface area (Å²) in [4.78, 5) is 0. The lowest BCUT2D eigenvalue weighted by molar-refractivity contribution is 0.340. The fraction of sp³-hybridized carbons (Fsp3) is 0. The predicted molar refractivity (Wildman–Crippen MR) is 75.8 cm³/mol. The molecular weight excluding hydrogens is 224 g/mol. The number of hydrogen-bond donors (Lipinski definition) is 1. The number of para-hydroxylation sites is 1. The minimum atomic E-state index is 0.189. The number of phenolic OH excluding ortho intramolecular Hbond substituents is 1. The molecule has 0 amide bonds. The summed E-state index contributed by atoms with van der Waals surface area (Å²) in [6.07, 6.45) is 4.87. The molecular formula is C16H16O2. The largest absolute Gasteiger partial charge is 0.507 e. The van der Waals surface area contributed by atoms with Crippen molar-refractivity contribution in [1.29, 1.82) is 0 Å². The zero-order valence-corrected chi connectivity index (χ0v) is 10.2. The molecule has 0 spiro atoms. The van der Waals surface area contributed by atoms with Crippen molar-refractivity contribution < 1.29 is 9.84 Å². The Morgan fingerprint density at radius 1 is 1.06 bits per heavy atom. The second kappa shape index (κ2) is 6.30. The minimum absolute atomic E-state index is 0.189. The van der Waals surface area contributed by atoms with Crippen LogP contribution in [0.15, 0.2) is 80.3 Å². The Morgan fingerprint density at radius 2 is 1.72 bits per heavy atom. The minimum Gasteiger partial charge on any atom is -0.507 e. The van der Waals surface area contributed by atoms with Gasteiger partial charge in [-0.15, -0.1) is 0 Å². The van der Waals surface area contributed by atoms with Gasteiger partial charge in [-0.2, -0.15) is 0 Å². The molecule has 0 radical (unpaired) electrons. The Bertz CT molecular complexity index is 522. The van der Waals surface area contributed by atoms with Gasteiger partial charge in [-0.3, -0.25) is 0 Å². The van der Waals surface area contributed by atoms with Crippen LogP contribution in [0.3, 0.4) is 0 Å². The lowest BCUT2D eigenvalue weighted by Gasteiger charge is -2.05. The van der Waals surface area contributed by atoms with Crippen LogP contribution in [-0.2, 0) is 4.74 Å². The summed E-state index contributed by atoms with van der Waals surface area (Å²) in [5, 5.41) is 9.65. The Kier molecular flexibility index (Phi) is 4.76. The molecule has 0 fully saturated rings. The summed E-state index contributed by atoms with van der Waals surface area (Å²) in [7, 11) is 0. The molecule has 0 saturated carbocycles. The van der Waals surface area contributed by atoms with E-state index in [0.29, 0.717) is 22.7 Å². The van der Waals surface area contributed by atoms with E-state index in [1.54, 1.807) is 30.4 Å². The monoisotopic (exact) mass is 240 g/mol. The molecule has 1 rings (SSSR count). The Balaban J connectivity index is 2.71. The van der Waals surface area contributed by atoms with E-state index in [1.165, 1.54) is 6.08 Å². The van der Waals surface area contributed by atoms with Crippen LogP contribution in [0.2, 0.25) is 0 Å². The molecule has 2 heteroatoms. The molecule has 0 aliphatic rings. The van der Waals surface area contributed by atoms with Crippen LogP contribution < -0.4 is 0 Å². The first kappa shape index (κ1) is 13.6. The fourth-order valence-corrected chi connectivity index (χ4v) is 1.27. The zero-order valence-electron chi connectivity index (χ0n) is 10.2. The highest BCUT2D eigenvalue weighted by atomic mass is 16.5. The maximum Gasteiger partial charge on any atom is 0.123 e. The van der Waals surface area contributed by atoms with Crippen molar-refractivity contribution in [2.75, 3.05) is 0 Å². The van der Waals surface area contributed by atoms with E-state index in [0.717, 1.165) is 0 Å². The van der Waals surface area contributed by atoms with Gasteiger partial charge < -0.3 is 9.84 Å². The number of allylic oxidation sites excluding steroid dienone is 4. The smallest absolute Gasteiger partial charge is 0.123 e. The molecule has 18 heavy (non-hydrogen) atoms. The predicted octanol–water partition coefficient (Wildman–Crippen LogP) is 4.19. The third kappa shape index (κ3) is 3.83. The number of hydrogen-bond acceptors (Lipinski definition) is 2. The molecule has 0 aliphatic carbocycles. The van der Waals surface area contributed by atoms with Crippen LogP contribution in [0.1, 0.15) is 5.56 Å². The topological polar surface area (TPSA) is 29.5 Å². The highest BCUT2D eigenvalue weighted by molar-refractivity contribution is 5.76. The lowest BCUT2D eigenvalue weighted by atomic mass is 10.1. The summed E-state index contributed by atoms with van der Waals surface area (Å²) in [6, 6.07) is 6.98. The zero-order chi connectivity index (χ0) is 13.5. The SMILES string of the molecule is C=CC(=C)OC(=C)/C=C\C(=C)c1ccccc1O. The summed E-state index contributed by atoms with van der Waals surface area (Å²) in [5.41, 5.74) is 1.34. The van der Waals surface area contributed by atoms with E-state index in [1.807, 2.05) is 6.07 Å². The molecule has 0 bridgehead atoms. The molecule has 0 unspecified atom stereocenters.